The molecule has 102 valence electrons. The molecule has 0 bridgehead atoms. The molecule has 0 N–H and O–H groups in total. The van der Waals surface area contributed by atoms with Crippen LogP contribution in [-0.4, -0.2) is 25.2 Å². The summed E-state index contributed by atoms with van der Waals surface area (Å²) >= 11 is 0. The van der Waals surface area contributed by atoms with E-state index in [4.69, 9.17) is 15.9 Å². The van der Waals surface area contributed by atoms with E-state index in [1.807, 2.05) is 0 Å². The molecule has 1 aromatic rings. The molecule has 0 aliphatic carbocycles. The van der Waals surface area contributed by atoms with Gasteiger partial charge in [0.15, 0.2) is 0 Å². The van der Waals surface area contributed by atoms with Gasteiger partial charge in [-0.2, -0.15) is 0 Å². The lowest BCUT2D eigenvalue weighted by atomic mass is 10.1. The van der Waals surface area contributed by atoms with Crippen LogP contribution in [0, 0.1) is 24.2 Å². The quantitative estimate of drug-likeness (QED) is 0.620. The highest BCUT2D eigenvalue weighted by Gasteiger charge is 2.14. The smallest absolute Gasteiger partial charge is 0.338 e. The van der Waals surface area contributed by atoms with E-state index < -0.39 is 11.9 Å². The number of carbonyl (C=O) groups excluding carboxylic acids is 2. The molecule has 0 heterocycles. The van der Waals surface area contributed by atoms with Crippen molar-refractivity contribution < 1.29 is 19.1 Å². The normalized spacial score (nSPS) is 8.85. The first-order chi connectivity index (χ1) is 9.62. The molecule has 0 aliphatic rings. The molecule has 0 unspecified atom stereocenters. The fourth-order valence-corrected chi connectivity index (χ4v) is 1.47. The van der Waals surface area contributed by atoms with Gasteiger partial charge in [0.1, 0.15) is 0 Å². The Morgan fingerprint density at radius 1 is 1.05 bits per heavy atom. The summed E-state index contributed by atoms with van der Waals surface area (Å²) in [7, 11) is 0. The van der Waals surface area contributed by atoms with Gasteiger partial charge in [0, 0.05) is 5.56 Å². The standard InChI is InChI=1S/C16H14O4/c1-4-7-8-12-9-13(15(17)19-5-2)11-14(10-12)16(18)20-6-3/h1,9-11H,5-6H2,2-3H3. The second-order valence-electron chi connectivity index (χ2n) is 3.63. The molecule has 4 nitrogen and oxygen atoms in total. The number of esters is 2. The summed E-state index contributed by atoms with van der Waals surface area (Å²) in [5.41, 5.74) is 0.925. The third kappa shape index (κ3) is 4.19. The van der Waals surface area contributed by atoms with Crippen molar-refractivity contribution in [3.8, 4) is 24.2 Å². The Morgan fingerprint density at radius 2 is 1.55 bits per heavy atom. The lowest BCUT2D eigenvalue weighted by Crippen LogP contribution is -2.09. The molecule has 0 fully saturated rings. The molecule has 20 heavy (non-hydrogen) atoms. The topological polar surface area (TPSA) is 52.6 Å². The summed E-state index contributed by atoms with van der Waals surface area (Å²) in [5, 5.41) is 0. The van der Waals surface area contributed by atoms with Crippen LogP contribution in [-0.2, 0) is 9.47 Å². The maximum absolute atomic E-state index is 11.7. The van der Waals surface area contributed by atoms with Gasteiger partial charge in [-0.3, -0.25) is 0 Å². The maximum atomic E-state index is 11.7. The summed E-state index contributed by atoms with van der Waals surface area (Å²) in [6.45, 7) is 3.89. The minimum absolute atomic E-state index is 0.235. The van der Waals surface area contributed by atoms with Crippen molar-refractivity contribution in [1.82, 2.24) is 0 Å². The van der Waals surface area contributed by atoms with Crippen LogP contribution < -0.4 is 0 Å². The zero-order chi connectivity index (χ0) is 15.0. The largest absolute Gasteiger partial charge is 0.462 e. The minimum Gasteiger partial charge on any atom is -0.462 e. The number of benzene rings is 1. The van der Waals surface area contributed by atoms with Crippen LogP contribution in [0.1, 0.15) is 40.1 Å². The fraction of sp³-hybridized carbons (Fsp3) is 0.250. The highest BCUT2D eigenvalue weighted by Crippen LogP contribution is 2.12. The average Bonchev–Trinajstić information content (AvgIpc) is 2.45. The number of rotatable bonds is 4. The zero-order valence-electron chi connectivity index (χ0n) is 11.4. The Bertz CT molecular complexity index is 575. The van der Waals surface area contributed by atoms with E-state index >= 15 is 0 Å². The molecule has 0 radical (unpaired) electrons. The second kappa shape index (κ2) is 7.66. The lowest BCUT2D eigenvalue weighted by molar-refractivity contribution is 0.0525. The Balaban J connectivity index is 3.24. The first-order valence-electron chi connectivity index (χ1n) is 6.08. The minimum atomic E-state index is -0.526. The first-order valence-corrected chi connectivity index (χ1v) is 6.08. The summed E-state index contributed by atoms with van der Waals surface area (Å²) in [6.07, 6.45) is 5.06. The molecule has 0 amide bonds. The summed E-state index contributed by atoms with van der Waals surface area (Å²) in [5.74, 6) is 6.22. The highest BCUT2D eigenvalue weighted by molar-refractivity contribution is 5.96. The van der Waals surface area contributed by atoms with Gasteiger partial charge in [-0.25, -0.2) is 9.59 Å². The summed E-state index contributed by atoms with van der Waals surface area (Å²) < 4.78 is 9.81. The van der Waals surface area contributed by atoms with E-state index in [-0.39, 0.29) is 24.3 Å². The molecule has 1 aromatic carbocycles. The number of terminal acetylenes is 1. The third-order valence-corrected chi connectivity index (χ3v) is 2.23. The van der Waals surface area contributed by atoms with Gasteiger partial charge in [0.2, 0.25) is 0 Å². The van der Waals surface area contributed by atoms with Crippen LogP contribution in [0.5, 0.6) is 0 Å². The van der Waals surface area contributed by atoms with Gasteiger partial charge < -0.3 is 9.47 Å². The van der Waals surface area contributed by atoms with Gasteiger partial charge in [-0.1, -0.05) is 5.92 Å². The Morgan fingerprint density at radius 3 is 1.95 bits per heavy atom. The van der Waals surface area contributed by atoms with Crippen molar-refractivity contribution >= 4 is 11.9 Å². The molecule has 0 saturated heterocycles. The van der Waals surface area contributed by atoms with Gasteiger partial charge in [0.05, 0.1) is 24.3 Å². The van der Waals surface area contributed by atoms with Crippen LogP contribution in [0.4, 0.5) is 0 Å². The fourth-order valence-electron chi connectivity index (χ4n) is 1.47. The van der Waals surface area contributed by atoms with Crippen LogP contribution in [0.3, 0.4) is 0 Å². The number of hydrogen-bond acceptors (Lipinski definition) is 4. The van der Waals surface area contributed by atoms with Gasteiger partial charge in [-0.15, -0.1) is 6.42 Å². The lowest BCUT2D eigenvalue weighted by Gasteiger charge is -2.06. The molecule has 0 atom stereocenters. The highest BCUT2D eigenvalue weighted by atomic mass is 16.5. The molecular weight excluding hydrogens is 256 g/mol. The van der Waals surface area contributed by atoms with E-state index in [2.05, 4.69) is 17.8 Å². The molecule has 1 rings (SSSR count). The summed E-state index contributed by atoms with van der Waals surface area (Å²) in [4.78, 5) is 23.5. The Kier molecular flexibility index (Phi) is 5.87. The van der Waals surface area contributed by atoms with Crippen LogP contribution in [0.25, 0.3) is 0 Å². The van der Waals surface area contributed by atoms with Crippen LogP contribution in [0.15, 0.2) is 18.2 Å². The molecular formula is C16H14O4. The molecule has 0 aliphatic heterocycles. The average molecular weight is 270 g/mol. The Hall–Kier alpha value is -2.72. The van der Waals surface area contributed by atoms with E-state index in [1.54, 1.807) is 13.8 Å². The van der Waals surface area contributed by atoms with Crippen molar-refractivity contribution in [2.45, 2.75) is 13.8 Å². The van der Waals surface area contributed by atoms with E-state index in [1.165, 1.54) is 18.2 Å². The first kappa shape index (κ1) is 15.3. The van der Waals surface area contributed by atoms with Gasteiger partial charge in [0.25, 0.3) is 0 Å². The third-order valence-electron chi connectivity index (χ3n) is 2.23. The zero-order valence-corrected chi connectivity index (χ0v) is 11.4. The molecule has 4 heteroatoms. The van der Waals surface area contributed by atoms with Crippen molar-refractivity contribution in [1.29, 1.82) is 0 Å². The van der Waals surface area contributed by atoms with Crippen LogP contribution in [0.2, 0.25) is 0 Å². The van der Waals surface area contributed by atoms with E-state index in [0.29, 0.717) is 5.56 Å². The van der Waals surface area contributed by atoms with Crippen molar-refractivity contribution in [2.24, 2.45) is 0 Å². The van der Waals surface area contributed by atoms with E-state index in [0.717, 1.165) is 0 Å². The monoisotopic (exact) mass is 270 g/mol. The second-order valence-corrected chi connectivity index (χ2v) is 3.63. The van der Waals surface area contributed by atoms with Crippen LogP contribution >= 0.6 is 0 Å². The molecule has 0 spiro atoms. The predicted octanol–water partition coefficient (Wildman–Crippen LogP) is 2.02. The summed E-state index contributed by atoms with van der Waals surface area (Å²) in [6, 6.07) is 4.45. The van der Waals surface area contributed by atoms with Crippen molar-refractivity contribution in [2.75, 3.05) is 13.2 Å². The number of hydrogen-bond donors (Lipinski definition) is 0. The maximum Gasteiger partial charge on any atom is 0.338 e. The number of ether oxygens (including phenoxy) is 2. The molecule has 0 saturated carbocycles. The van der Waals surface area contributed by atoms with Crippen molar-refractivity contribution in [3.63, 3.8) is 0 Å². The van der Waals surface area contributed by atoms with Gasteiger partial charge >= 0.3 is 11.9 Å². The van der Waals surface area contributed by atoms with E-state index in [9.17, 15) is 9.59 Å². The molecule has 0 aromatic heterocycles. The Labute approximate surface area is 118 Å². The SMILES string of the molecule is C#CC#Cc1cc(C(=O)OCC)cc(C(=O)OCC)c1. The predicted molar refractivity (Wildman–Crippen MR) is 74.1 cm³/mol. The van der Waals surface area contributed by atoms with Gasteiger partial charge in [-0.05, 0) is 43.9 Å². The van der Waals surface area contributed by atoms with Crippen molar-refractivity contribution in [3.05, 3.63) is 34.9 Å². The number of carbonyl (C=O) groups is 2.